The van der Waals surface area contributed by atoms with E-state index in [4.69, 9.17) is 0 Å². The summed E-state index contributed by atoms with van der Waals surface area (Å²) in [5, 5.41) is 0. The first-order valence-electron chi connectivity index (χ1n) is 6.88. The van der Waals surface area contributed by atoms with Gasteiger partial charge in [0.15, 0.2) is 5.78 Å². The number of pyridine rings is 1. The van der Waals surface area contributed by atoms with Crippen molar-refractivity contribution in [1.82, 2.24) is 4.98 Å². The second-order valence-corrected chi connectivity index (χ2v) is 5.63. The fraction of sp³-hybridized carbons (Fsp3) is 0.222. The van der Waals surface area contributed by atoms with Crippen LogP contribution >= 0.6 is 0 Å². The highest BCUT2D eigenvalue weighted by Gasteiger charge is 2.38. The summed E-state index contributed by atoms with van der Waals surface area (Å²) >= 11 is 0. The predicted octanol–water partition coefficient (Wildman–Crippen LogP) is 3.79. The summed E-state index contributed by atoms with van der Waals surface area (Å²) in [6.07, 6.45) is 5.04. The topological polar surface area (TPSA) is 30.0 Å². The molecule has 0 bridgehead atoms. The quantitative estimate of drug-likeness (QED) is 0.772. The molecule has 3 rings (SSSR count). The fourth-order valence-corrected chi connectivity index (χ4v) is 2.87. The summed E-state index contributed by atoms with van der Waals surface area (Å²) < 4.78 is 0. The fourth-order valence-electron chi connectivity index (χ4n) is 2.87. The molecule has 1 aromatic carbocycles. The minimum atomic E-state index is -0.0844. The number of allylic oxidation sites excluding steroid dienone is 1. The molecule has 1 aromatic heterocycles. The number of nitrogens with zero attached hydrogens (tertiary/aromatic N) is 1. The number of carbonyl (C=O) groups excluding carboxylic acids is 1. The van der Waals surface area contributed by atoms with Crippen LogP contribution in [0.3, 0.4) is 0 Å². The molecule has 1 aliphatic rings. The lowest BCUT2D eigenvalue weighted by atomic mass is 9.81. The van der Waals surface area contributed by atoms with E-state index in [0.29, 0.717) is 6.42 Å². The van der Waals surface area contributed by atoms with Crippen LogP contribution in [0.2, 0.25) is 0 Å². The average molecular weight is 263 g/mol. The first-order valence-corrected chi connectivity index (χ1v) is 6.88. The van der Waals surface area contributed by atoms with E-state index in [1.165, 1.54) is 5.56 Å². The first kappa shape index (κ1) is 12.8. The van der Waals surface area contributed by atoms with Crippen LogP contribution < -0.4 is 0 Å². The molecule has 1 heterocycles. The van der Waals surface area contributed by atoms with Gasteiger partial charge in [0.2, 0.25) is 0 Å². The number of hydrogen-bond donors (Lipinski definition) is 0. The molecule has 2 nitrogen and oxygen atoms in total. The molecule has 20 heavy (non-hydrogen) atoms. The number of aromatic nitrogens is 1. The second kappa shape index (κ2) is 5.04. The Hall–Kier alpha value is -2.22. The zero-order valence-corrected chi connectivity index (χ0v) is 11.5. The minimum absolute atomic E-state index is 0.0844. The van der Waals surface area contributed by atoms with Gasteiger partial charge in [-0.15, -0.1) is 0 Å². The molecular weight excluding hydrogens is 246 g/mol. The van der Waals surface area contributed by atoms with Crippen LogP contribution in [-0.4, -0.2) is 10.8 Å². The van der Waals surface area contributed by atoms with E-state index >= 15 is 0 Å². The lowest BCUT2D eigenvalue weighted by Crippen LogP contribution is -2.17. The van der Waals surface area contributed by atoms with E-state index < -0.39 is 0 Å². The Bertz CT molecular complexity index is 646. The van der Waals surface area contributed by atoms with Crippen molar-refractivity contribution in [3.63, 3.8) is 0 Å². The van der Waals surface area contributed by atoms with Gasteiger partial charge in [-0.3, -0.25) is 9.78 Å². The van der Waals surface area contributed by atoms with Crippen molar-refractivity contribution in [2.24, 2.45) is 0 Å². The van der Waals surface area contributed by atoms with Crippen molar-refractivity contribution in [3.05, 3.63) is 71.6 Å². The van der Waals surface area contributed by atoms with Gasteiger partial charge < -0.3 is 0 Å². The van der Waals surface area contributed by atoms with Crippen molar-refractivity contribution in [3.8, 4) is 0 Å². The van der Waals surface area contributed by atoms with Gasteiger partial charge in [0.05, 0.1) is 5.69 Å². The van der Waals surface area contributed by atoms with Crippen molar-refractivity contribution in [2.75, 3.05) is 0 Å². The molecule has 2 heteroatoms. The highest BCUT2D eigenvalue weighted by molar-refractivity contribution is 6.02. The minimum Gasteiger partial charge on any atom is -0.295 e. The third-order valence-electron chi connectivity index (χ3n) is 3.97. The van der Waals surface area contributed by atoms with Crippen LogP contribution in [0.4, 0.5) is 0 Å². The van der Waals surface area contributed by atoms with Crippen LogP contribution in [0.15, 0.2) is 60.3 Å². The van der Waals surface area contributed by atoms with Crippen LogP contribution in [0, 0.1) is 0 Å². The Balaban J connectivity index is 1.91. The summed E-state index contributed by atoms with van der Waals surface area (Å²) in [6.45, 7) is 2.17. The molecule has 2 aromatic rings. The van der Waals surface area contributed by atoms with Gasteiger partial charge in [-0.2, -0.15) is 0 Å². The van der Waals surface area contributed by atoms with Crippen LogP contribution in [0.1, 0.15) is 31.0 Å². The number of ketones is 1. The van der Waals surface area contributed by atoms with E-state index in [2.05, 4.69) is 24.0 Å². The second-order valence-electron chi connectivity index (χ2n) is 5.63. The van der Waals surface area contributed by atoms with E-state index in [1.54, 1.807) is 6.20 Å². The van der Waals surface area contributed by atoms with Gasteiger partial charge >= 0.3 is 0 Å². The number of benzene rings is 1. The summed E-state index contributed by atoms with van der Waals surface area (Å²) in [6, 6.07) is 16.0. The van der Waals surface area contributed by atoms with Crippen molar-refractivity contribution < 1.29 is 4.79 Å². The average Bonchev–Trinajstić information content (AvgIpc) is 2.77. The number of Topliss-reactive ketones (excluding diaryl/α,β-unsaturated/α-hetero) is 1. The van der Waals surface area contributed by atoms with Gasteiger partial charge in [-0.25, -0.2) is 0 Å². The summed E-state index contributed by atoms with van der Waals surface area (Å²) in [7, 11) is 0. The lowest BCUT2D eigenvalue weighted by Gasteiger charge is -2.22. The molecule has 0 N–H and O–H groups in total. The first-order chi connectivity index (χ1) is 9.67. The number of rotatable bonds is 2. The molecule has 1 fully saturated rings. The van der Waals surface area contributed by atoms with Crippen LogP contribution in [0.5, 0.6) is 0 Å². The summed E-state index contributed by atoms with van der Waals surface area (Å²) in [5.74, 6) is 0.238. The van der Waals surface area contributed by atoms with Crippen molar-refractivity contribution in [2.45, 2.75) is 25.2 Å². The van der Waals surface area contributed by atoms with E-state index in [-0.39, 0.29) is 11.2 Å². The summed E-state index contributed by atoms with van der Waals surface area (Å²) in [5.41, 5.74) is 2.89. The third kappa shape index (κ3) is 2.42. The maximum Gasteiger partial charge on any atom is 0.159 e. The standard InChI is InChI=1S/C18H17NO/c1-18(15-7-3-2-4-8-15)12-14(17(20)13-18)11-16-9-5-6-10-19-16/h2-11H,12-13H2,1H3/b14-11+. The number of hydrogen-bond acceptors (Lipinski definition) is 2. The molecular formula is C18H17NO. The molecule has 100 valence electrons. The number of carbonyl (C=O) groups is 1. The maximum absolute atomic E-state index is 12.3. The molecule has 0 saturated heterocycles. The van der Waals surface area contributed by atoms with Gasteiger partial charge in [-0.1, -0.05) is 43.3 Å². The Morgan fingerprint density at radius 3 is 2.50 bits per heavy atom. The normalized spacial score (nSPS) is 24.2. The monoisotopic (exact) mass is 263 g/mol. The molecule has 1 unspecified atom stereocenters. The molecule has 0 amide bonds. The van der Waals surface area contributed by atoms with Gasteiger partial charge in [0.25, 0.3) is 0 Å². The highest BCUT2D eigenvalue weighted by atomic mass is 16.1. The van der Waals surface area contributed by atoms with Crippen LogP contribution in [0.25, 0.3) is 6.08 Å². The van der Waals surface area contributed by atoms with Gasteiger partial charge in [-0.05, 0) is 35.8 Å². The van der Waals surface area contributed by atoms with Crippen molar-refractivity contribution >= 4 is 11.9 Å². The van der Waals surface area contributed by atoms with Crippen LogP contribution in [-0.2, 0) is 10.2 Å². The smallest absolute Gasteiger partial charge is 0.159 e. The molecule has 1 saturated carbocycles. The SMILES string of the molecule is CC1(c2ccccc2)CC(=O)/C(=C/c2ccccn2)C1. The van der Waals surface area contributed by atoms with Gasteiger partial charge in [0, 0.05) is 18.0 Å². The Morgan fingerprint density at radius 1 is 1.05 bits per heavy atom. The lowest BCUT2D eigenvalue weighted by molar-refractivity contribution is -0.114. The molecule has 1 atom stereocenters. The zero-order chi connectivity index (χ0) is 14.0. The van der Waals surface area contributed by atoms with Gasteiger partial charge in [0.1, 0.15) is 0 Å². The third-order valence-corrected chi connectivity index (χ3v) is 3.97. The Labute approximate surface area is 119 Å². The van der Waals surface area contributed by atoms with E-state index in [0.717, 1.165) is 17.7 Å². The Morgan fingerprint density at radius 2 is 1.80 bits per heavy atom. The zero-order valence-electron chi connectivity index (χ0n) is 11.5. The highest BCUT2D eigenvalue weighted by Crippen LogP contribution is 2.41. The van der Waals surface area contributed by atoms with E-state index in [9.17, 15) is 4.79 Å². The predicted molar refractivity (Wildman–Crippen MR) is 80.2 cm³/mol. The van der Waals surface area contributed by atoms with Crippen molar-refractivity contribution in [1.29, 1.82) is 0 Å². The largest absolute Gasteiger partial charge is 0.295 e. The Kier molecular flexibility index (Phi) is 3.23. The molecule has 1 aliphatic carbocycles. The van der Waals surface area contributed by atoms with E-state index in [1.807, 2.05) is 42.5 Å². The molecule has 0 aliphatic heterocycles. The molecule has 0 spiro atoms. The summed E-state index contributed by atoms with van der Waals surface area (Å²) in [4.78, 5) is 16.5. The maximum atomic E-state index is 12.3. The molecule has 0 radical (unpaired) electrons.